The molecule has 0 saturated heterocycles. The molecule has 5 nitrogen and oxygen atoms in total. The second-order valence-electron chi connectivity index (χ2n) is 4.92. The van der Waals surface area contributed by atoms with E-state index < -0.39 is 0 Å². The van der Waals surface area contributed by atoms with Crippen LogP contribution < -0.4 is 10.2 Å². The lowest BCUT2D eigenvalue weighted by Crippen LogP contribution is -2.24. The van der Waals surface area contributed by atoms with Crippen LogP contribution in [0.25, 0.3) is 0 Å². The van der Waals surface area contributed by atoms with Crippen LogP contribution in [-0.2, 0) is 4.79 Å². The number of amides is 1. The van der Waals surface area contributed by atoms with Gasteiger partial charge in [-0.25, -0.2) is 5.43 Å². The van der Waals surface area contributed by atoms with Crippen molar-refractivity contribution in [1.82, 2.24) is 5.43 Å². The van der Waals surface area contributed by atoms with E-state index in [1.807, 2.05) is 32.0 Å². The van der Waals surface area contributed by atoms with Gasteiger partial charge in [0, 0.05) is 0 Å². The Balaban J connectivity index is 1.81. The van der Waals surface area contributed by atoms with Crippen LogP contribution in [-0.4, -0.2) is 23.8 Å². The summed E-state index contributed by atoms with van der Waals surface area (Å²) < 4.78 is 5.40. The number of phenolic OH excluding ortho intramolecular Hbond substituents is 1. The molecular formula is C17H18N2O3. The van der Waals surface area contributed by atoms with Crippen LogP contribution in [0.1, 0.15) is 16.7 Å². The molecule has 114 valence electrons. The number of benzene rings is 2. The highest BCUT2D eigenvalue weighted by Gasteiger charge is 2.02. The van der Waals surface area contributed by atoms with Crippen LogP contribution in [0.5, 0.6) is 11.5 Å². The molecule has 2 aromatic carbocycles. The molecule has 0 radical (unpaired) electrons. The SMILES string of the molecule is Cc1ccc(OCC(=O)NN=Cc2cccc(O)c2)cc1C. The van der Waals surface area contributed by atoms with Gasteiger partial charge in [0.25, 0.3) is 5.91 Å². The number of phenols is 1. The molecule has 2 N–H and O–H groups in total. The van der Waals surface area contributed by atoms with Gasteiger partial charge < -0.3 is 9.84 Å². The summed E-state index contributed by atoms with van der Waals surface area (Å²) >= 11 is 0. The van der Waals surface area contributed by atoms with Crippen LogP contribution in [0.3, 0.4) is 0 Å². The highest BCUT2D eigenvalue weighted by atomic mass is 16.5. The van der Waals surface area contributed by atoms with Crippen molar-refractivity contribution in [3.05, 3.63) is 59.2 Å². The van der Waals surface area contributed by atoms with E-state index in [2.05, 4.69) is 10.5 Å². The highest BCUT2D eigenvalue weighted by molar-refractivity contribution is 5.83. The smallest absolute Gasteiger partial charge is 0.277 e. The summed E-state index contributed by atoms with van der Waals surface area (Å²) in [5, 5.41) is 13.1. The normalized spacial score (nSPS) is 10.6. The van der Waals surface area contributed by atoms with E-state index in [0.29, 0.717) is 11.3 Å². The lowest BCUT2D eigenvalue weighted by molar-refractivity contribution is -0.123. The first-order valence-corrected chi connectivity index (χ1v) is 6.85. The van der Waals surface area contributed by atoms with Crippen LogP contribution in [0.15, 0.2) is 47.6 Å². The molecule has 0 fully saturated rings. The number of hydrazone groups is 1. The number of nitrogens with one attached hydrogen (secondary N) is 1. The zero-order valence-corrected chi connectivity index (χ0v) is 12.5. The summed E-state index contributed by atoms with van der Waals surface area (Å²) in [4.78, 5) is 11.6. The average molecular weight is 298 g/mol. The molecule has 0 atom stereocenters. The van der Waals surface area contributed by atoms with Crippen molar-refractivity contribution in [2.75, 3.05) is 6.61 Å². The Morgan fingerprint density at radius 1 is 1.23 bits per heavy atom. The fraction of sp³-hybridized carbons (Fsp3) is 0.176. The number of ether oxygens (including phenoxy) is 1. The molecule has 1 amide bonds. The van der Waals surface area contributed by atoms with Gasteiger partial charge in [0.15, 0.2) is 6.61 Å². The number of carbonyl (C=O) groups is 1. The zero-order chi connectivity index (χ0) is 15.9. The predicted molar refractivity (Wildman–Crippen MR) is 85.3 cm³/mol. The van der Waals surface area contributed by atoms with Gasteiger partial charge in [-0.3, -0.25) is 4.79 Å². The minimum absolute atomic E-state index is 0.111. The van der Waals surface area contributed by atoms with E-state index in [0.717, 1.165) is 5.56 Å². The van der Waals surface area contributed by atoms with Crippen molar-refractivity contribution in [2.24, 2.45) is 5.10 Å². The van der Waals surface area contributed by atoms with Crippen molar-refractivity contribution in [1.29, 1.82) is 0 Å². The number of rotatable bonds is 5. The zero-order valence-electron chi connectivity index (χ0n) is 12.5. The van der Waals surface area contributed by atoms with Crippen molar-refractivity contribution in [2.45, 2.75) is 13.8 Å². The van der Waals surface area contributed by atoms with Crippen LogP contribution in [0.2, 0.25) is 0 Å². The van der Waals surface area contributed by atoms with E-state index in [9.17, 15) is 9.90 Å². The van der Waals surface area contributed by atoms with E-state index in [4.69, 9.17) is 4.74 Å². The van der Waals surface area contributed by atoms with Gasteiger partial charge in [-0.2, -0.15) is 5.10 Å². The molecular weight excluding hydrogens is 280 g/mol. The molecule has 0 saturated carbocycles. The molecule has 5 heteroatoms. The first-order valence-electron chi connectivity index (χ1n) is 6.85. The number of aryl methyl sites for hydroxylation is 2. The summed E-state index contributed by atoms with van der Waals surface area (Å²) in [5.74, 6) is 0.443. The van der Waals surface area contributed by atoms with Crippen LogP contribution >= 0.6 is 0 Å². The van der Waals surface area contributed by atoms with Gasteiger partial charge in [0.1, 0.15) is 11.5 Å². The van der Waals surface area contributed by atoms with E-state index in [-0.39, 0.29) is 18.3 Å². The summed E-state index contributed by atoms with van der Waals surface area (Å²) in [6.45, 7) is 3.89. The second-order valence-corrected chi connectivity index (χ2v) is 4.92. The molecule has 0 bridgehead atoms. The standard InChI is InChI=1S/C17H18N2O3/c1-12-6-7-16(8-13(12)2)22-11-17(21)19-18-10-14-4-3-5-15(20)9-14/h3-10,20H,11H2,1-2H3,(H,19,21). The Morgan fingerprint density at radius 3 is 2.77 bits per heavy atom. The fourth-order valence-electron chi connectivity index (χ4n) is 1.77. The van der Waals surface area contributed by atoms with E-state index in [1.165, 1.54) is 11.8 Å². The van der Waals surface area contributed by atoms with Crippen LogP contribution in [0.4, 0.5) is 0 Å². The predicted octanol–water partition coefficient (Wildman–Crippen LogP) is 2.54. The molecule has 0 aliphatic carbocycles. The van der Waals surface area contributed by atoms with E-state index >= 15 is 0 Å². The summed E-state index contributed by atoms with van der Waals surface area (Å²) in [6.07, 6.45) is 1.45. The highest BCUT2D eigenvalue weighted by Crippen LogP contribution is 2.16. The molecule has 0 aromatic heterocycles. The molecule has 0 heterocycles. The van der Waals surface area contributed by atoms with Gasteiger partial charge >= 0.3 is 0 Å². The summed E-state index contributed by atoms with van der Waals surface area (Å²) in [5.41, 5.74) is 5.35. The third-order valence-corrected chi connectivity index (χ3v) is 3.12. The summed E-state index contributed by atoms with van der Waals surface area (Å²) in [6, 6.07) is 12.2. The molecule has 2 aromatic rings. The molecule has 0 aliphatic heterocycles. The monoisotopic (exact) mass is 298 g/mol. The Hall–Kier alpha value is -2.82. The maximum Gasteiger partial charge on any atom is 0.277 e. The molecule has 0 aliphatic rings. The van der Waals surface area contributed by atoms with Crippen LogP contribution in [0, 0.1) is 13.8 Å². The number of hydrogen-bond acceptors (Lipinski definition) is 4. The Kier molecular flexibility index (Phi) is 5.14. The first-order chi connectivity index (χ1) is 10.5. The van der Waals surface area contributed by atoms with E-state index in [1.54, 1.807) is 24.3 Å². The molecule has 2 rings (SSSR count). The first kappa shape index (κ1) is 15.6. The molecule has 22 heavy (non-hydrogen) atoms. The van der Waals surface area contributed by atoms with Crippen molar-refractivity contribution in [3.63, 3.8) is 0 Å². The van der Waals surface area contributed by atoms with Gasteiger partial charge in [-0.05, 0) is 54.8 Å². The lowest BCUT2D eigenvalue weighted by Gasteiger charge is -2.07. The number of aromatic hydroxyl groups is 1. The van der Waals surface area contributed by atoms with Gasteiger partial charge in [0.05, 0.1) is 6.21 Å². The quantitative estimate of drug-likeness (QED) is 0.658. The van der Waals surface area contributed by atoms with Crippen molar-refractivity contribution < 1.29 is 14.6 Å². The number of nitrogens with zero attached hydrogens (tertiary/aromatic N) is 1. The van der Waals surface area contributed by atoms with Crippen molar-refractivity contribution >= 4 is 12.1 Å². The minimum Gasteiger partial charge on any atom is -0.508 e. The lowest BCUT2D eigenvalue weighted by atomic mass is 10.1. The van der Waals surface area contributed by atoms with Gasteiger partial charge in [-0.1, -0.05) is 18.2 Å². The number of carbonyl (C=O) groups excluding carboxylic acids is 1. The second kappa shape index (κ2) is 7.26. The molecule has 0 spiro atoms. The average Bonchev–Trinajstić information content (AvgIpc) is 2.48. The van der Waals surface area contributed by atoms with Crippen molar-refractivity contribution in [3.8, 4) is 11.5 Å². The fourth-order valence-corrected chi connectivity index (χ4v) is 1.77. The summed E-state index contributed by atoms with van der Waals surface area (Å²) in [7, 11) is 0. The largest absolute Gasteiger partial charge is 0.508 e. The van der Waals surface area contributed by atoms with Gasteiger partial charge in [0.2, 0.25) is 0 Å². The maximum absolute atomic E-state index is 11.6. The Labute approximate surface area is 129 Å². The topological polar surface area (TPSA) is 70.9 Å². The maximum atomic E-state index is 11.6. The third kappa shape index (κ3) is 4.63. The van der Waals surface area contributed by atoms with Gasteiger partial charge in [-0.15, -0.1) is 0 Å². The molecule has 0 unspecified atom stereocenters. The Morgan fingerprint density at radius 2 is 2.05 bits per heavy atom. The number of hydrogen-bond donors (Lipinski definition) is 2. The third-order valence-electron chi connectivity index (χ3n) is 3.12. The minimum atomic E-state index is -0.352. The Bertz CT molecular complexity index is 696.